The van der Waals surface area contributed by atoms with E-state index in [0.29, 0.717) is 12.3 Å². The molecule has 0 saturated carbocycles. The van der Waals surface area contributed by atoms with E-state index in [1.54, 1.807) is 0 Å². The van der Waals surface area contributed by atoms with Crippen molar-refractivity contribution in [2.45, 2.75) is 25.3 Å². The summed E-state index contributed by atoms with van der Waals surface area (Å²) in [6.07, 6.45) is 1.57. The van der Waals surface area contributed by atoms with Crippen molar-refractivity contribution >= 4 is 17.5 Å². The van der Waals surface area contributed by atoms with Crippen LogP contribution in [0, 0.1) is 0 Å². The number of benzene rings is 3. The van der Waals surface area contributed by atoms with Gasteiger partial charge in [0.05, 0.1) is 0 Å². The van der Waals surface area contributed by atoms with Gasteiger partial charge in [0, 0.05) is 51.7 Å². The molecule has 0 N–H and O–H groups in total. The third-order valence-electron chi connectivity index (χ3n) is 6.44. The van der Waals surface area contributed by atoms with Crippen molar-refractivity contribution in [1.82, 2.24) is 4.90 Å². The maximum absolute atomic E-state index is 13.5. The van der Waals surface area contributed by atoms with Crippen molar-refractivity contribution in [3.05, 3.63) is 89.5 Å². The molecule has 3 aromatic carbocycles. The van der Waals surface area contributed by atoms with E-state index in [2.05, 4.69) is 71.3 Å². The Morgan fingerprint density at radius 3 is 1.79 bits per heavy atom. The van der Waals surface area contributed by atoms with E-state index in [4.69, 9.17) is 4.74 Å². The lowest BCUT2D eigenvalue weighted by molar-refractivity contribution is 0.0975. The molecule has 5 heteroatoms. The Kier molecular flexibility index (Phi) is 6.32. The summed E-state index contributed by atoms with van der Waals surface area (Å²) in [6, 6.07) is 25.0. The summed E-state index contributed by atoms with van der Waals surface area (Å²) in [6.45, 7) is 2.75. The number of hydrogen-bond acceptors (Lipinski definition) is 4. The van der Waals surface area contributed by atoms with Crippen LogP contribution in [0.15, 0.2) is 72.8 Å². The molecule has 1 heterocycles. The largest absolute Gasteiger partial charge is 0.416 e. The molecule has 1 amide bonds. The van der Waals surface area contributed by atoms with Crippen molar-refractivity contribution in [2.24, 2.45) is 0 Å². The molecule has 172 valence electrons. The van der Waals surface area contributed by atoms with Crippen LogP contribution in [0.2, 0.25) is 0 Å². The van der Waals surface area contributed by atoms with Gasteiger partial charge in [0.2, 0.25) is 0 Å². The highest BCUT2D eigenvalue weighted by Gasteiger charge is 2.50. The van der Waals surface area contributed by atoms with E-state index in [-0.39, 0.29) is 6.09 Å². The van der Waals surface area contributed by atoms with Gasteiger partial charge < -0.3 is 14.5 Å². The van der Waals surface area contributed by atoms with Crippen molar-refractivity contribution in [3.63, 3.8) is 0 Å². The molecule has 33 heavy (non-hydrogen) atoms. The monoisotopic (exact) mass is 443 g/mol. The van der Waals surface area contributed by atoms with Crippen LogP contribution in [-0.4, -0.2) is 45.7 Å². The normalized spacial score (nSPS) is 14.5. The van der Waals surface area contributed by atoms with E-state index in [1.165, 1.54) is 0 Å². The summed E-state index contributed by atoms with van der Waals surface area (Å²) < 4.78 is 5.83. The summed E-state index contributed by atoms with van der Waals surface area (Å²) in [7, 11) is 8.13. The Labute approximate surface area is 197 Å². The Bertz CT molecular complexity index is 1050. The molecule has 3 aromatic rings. The molecular formula is C28H33N3O2. The third-order valence-corrected chi connectivity index (χ3v) is 6.44. The van der Waals surface area contributed by atoms with Gasteiger partial charge in [0.15, 0.2) is 0 Å². The zero-order valence-electron chi connectivity index (χ0n) is 20.2. The summed E-state index contributed by atoms with van der Waals surface area (Å²) in [4.78, 5) is 19.5. The van der Waals surface area contributed by atoms with Crippen molar-refractivity contribution in [3.8, 4) is 5.75 Å². The first-order valence-electron chi connectivity index (χ1n) is 11.5. The molecule has 4 rings (SSSR count). The molecule has 0 aliphatic carbocycles. The van der Waals surface area contributed by atoms with Crippen molar-refractivity contribution < 1.29 is 9.53 Å². The molecule has 0 fully saturated rings. The predicted molar refractivity (Wildman–Crippen MR) is 135 cm³/mol. The van der Waals surface area contributed by atoms with Gasteiger partial charge in [-0.05, 0) is 47.9 Å². The zero-order chi connectivity index (χ0) is 23.6. The number of ether oxygens (including phenoxy) is 1. The molecule has 5 nitrogen and oxygen atoms in total. The highest BCUT2D eigenvalue weighted by atomic mass is 16.6. The topological polar surface area (TPSA) is 36.0 Å². The third kappa shape index (κ3) is 3.92. The van der Waals surface area contributed by atoms with Gasteiger partial charge in [-0.15, -0.1) is 0 Å². The van der Waals surface area contributed by atoms with E-state index in [1.807, 2.05) is 51.3 Å². The smallest absolute Gasteiger partial charge is 0.410 e. The first-order valence-corrected chi connectivity index (χ1v) is 11.5. The number of carbonyl (C=O) groups excluding carboxylic acids is 1. The van der Waals surface area contributed by atoms with Gasteiger partial charge in [-0.2, -0.15) is 0 Å². The van der Waals surface area contributed by atoms with Gasteiger partial charge >= 0.3 is 6.09 Å². The Morgan fingerprint density at radius 1 is 0.788 bits per heavy atom. The van der Waals surface area contributed by atoms with Crippen LogP contribution >= 0.6 is 0 Å². The number of carbonyl (C=O) groups is 1. The quantitative estimate of drug-likeness (QED) is 0.468. The van der Waals surface area contributed by atoms with Crippen LogP contribution in [0.25, 0.3) is 0 Å². The standard InChI is InChI=1S/C28H33N3O2/c1-6-7-20-31-27(32)33-26-11-9-8-10-25(26)28(31,21-12-16-23(17-13-21)29(2)3)22-14-18-24(19-15-22)30(4)5/h8-19H,6-7,20H2,1-5H3. The number of unbranched alkanes of at least 4 members (excludes halogenated alkanes) is 1. The van der Waals surface area contributed by atoms with E-state index >= 15 is 0 Å². The molecule has 0 spiro atoms. The molecule has 0 aromatic heterocycles. The number of rotatable bonds is 7. The van der Waals surface area contributed by atoms with Crippen molar-refractivity contribution in [1.29, 1.82) is 0 Å². The van der Waals surface area contributed by atoms with E-state index < -0.39 is 5.54 Å². The Hall–Kier alpha value is -3.47. The minimum Gasteiger partial charge on any atom is -0.410 e. The second-order valence-electron chi connectivity index (χ2n) is 8.96. The number of nitrogens with zero attached hydrogens (tertiary/aromatic N) is 3. The molecule has 0 atom stereocenters. The van der Waals surface area contributed by atoms with E-state index in [0.717, 1.165) is 40.9 Å². The lowest BCUT2D eigenvalue weighted by Gasteiger charge is -2.48. The molecular weight excluding hydrogens is 410 g/mol. The Balaban J connectivity index is 2.03. The van der Waals surface area contributed by atoms with Crippen LogP contribution < -0.4 is 14.5 Å². The van der Waals surface area contributed by atoms with Crippen molar-refractivity contribution in [2.75, 3.05) is 44.5 Å². The van der Waals surface area contributed by atoms with Crippen LogP contribution in [0.4, 0.5) is 16.2 Å². The molecule has 1 aliphatic rings. The minimum absolute atomic E-state index is 0.310. The molecule has 0 bridgehead atoms. The zero-order valence-corrected chi connectivity index (χ0v) is 20.2. The minimum atomic E-state index is -0.781. The maximum atomic E-state index is 13.5. The average Bonchev–Trinajstić information content (AvgIpc) is 2.82. The predicted octanol–water partition coefficient (Wildman–Crippen LogP) is 5.73. The molecule has 0 saturated heterocycles. The SMILES string of the molecule is CCCCN1C(=O)Oc2ccccc2C1(c1ccc(N(C)C)cc1)c1ccc(N(C)C)cc1. The van der Waals surface area contributed by atoms with Crippen LogP contribution in [0.1, 0.15) is 36.5 Å². The summed E-state index contributed by atoms with van der Waals surface area (Å²) in [5, 5.41) is 0. The summed E-state index contributed by atoms with van der Waals surface area (Å²) in [5.74, 6) is 0.614. The fraction of sp³-hybridized carbons (Fsp3) is 0.321. The highest BCUT2D eigenvalue weighted by molar-refractivity contribution is 5.79. The molecule has 0 radical (unpaired) electrons. The van der Waals surface area contributed by atoms with Crippen LogP contribution in [0.5, 0.6) is 5.75 Å². The first-order chi connectivity index (χ1) is 15.9. The summed E-state index contributed by atoms with van der Waals surface area (Å²) >= 11 is 0. The molecule has 0 unspecified atom stereocenters. The number of anilines is 2. The number of amides is 1. The summed E-state index contributed by atoms with van der Waals surface area (Å²) in [5.41, 5.74) is 4.52. The lowest BCUT2D eigenvalue weighted by atomic mass is 9.74. The second kappa shape index (κ2) is 9.18. The van der Waals surface area contributed by atoms with E-state index in [9.17, 15) is 4.79 Å². The van der Waals surface area contributed by atoms with Gasteiger partial charge in [-0.1, -0.05) is 55.8 Å². The fourth-order valence-electron chi connectivity index (χ4n) is 4.65. The average molecular weight is 444 g/mol. The Morgan fingerprint density at radius 2 is 1.30 bits per heavy atom. The second-order valence-corrected chi connectivity index (χ2v) is 8.96. The number of para-hydroxylation sites is 1. The van der Waals surface area contributed by atoms with Crippen LogP contribution in [-0.2, 0) is 5.54 Å². The van der Waals surface area contributed by atoms with Gasteiger partial charge in [-0.25, -0.2) is 4.79 Å². The number of fused-ring (bicyclic) bond motifs is 1. The van der Waals surface area contributed by atoms with Gasteiger partial charge in [0.25, 0.3) is 0 Å². The van der Waals surface area contributed by atoms with Crippen LogP contribution in [0.3, 0.4) is 0 Å². The fourth-order valence-corrected chi connectivity index (χ4v) is 4.65. The highest BCUT2D eigenvalue weighted by Crippen LogP contribution is 2.49. The number of hydrogen-bond donors (Lipinski definition) is 0. The molecule has 1 aliphatic heterocycles. The van der Waals surface area contributed by atoms with Gasteiger partial charge in [0.1, 0.15) is 11.3 Å². The lowest BCUT2D eigenvalue weighted by Crippen LogP contribution is -2.55. The van der Waals surface area contributed by atoms with Gasteiger partial charge in [-0.3, -0.25) is 4.90 Å². The first kappa shape index (κ1) is 22.7. The maximum Gasteiger partial charge on any atom is 0.416 e.